The number of hydrogen-bond donors (Lipinski definition) is 1. The summed E-state index contributed by atoms with van der Waals surface area (Å²) in [5, 5.41) is 3.56. The molecule has 1 aliphatic carbocycles. The van der Waals surface area contributed by atoms with E-state index in [4.69, 9.17) is 4.74 Å². The Balaban J connectivity index is 1.88. The Kier molecular flexibility index (Phi) is 4.83. The third kappa shape index (κ3) is 3.43. The summed E-state index contributed by atoms with van der Waals surface area (Å²) in [5.41, 5.74) is 0.457. The van der Waals surface area contributed by atoms with Crippen molar-refractivity contribution in [2.45, 2.75) is 45.1 Å². The Labute approximate surface area is 106 Å². The lowest BCUT2D eigenvalue weighted by Gasteiger charge is -2.44. The second-order valence-electron chi connectivity index (χ2n) is 5.89. The van der Waals surface area contributed by atoms with Crippen molar-refractivity contribution >= 4 is 0 Å². The van der Waals surface area contributed by atoms with Crippen LogP contribution in [0.5, 0.6) is 0 Å². The molecule has 2 fully saturated rings. The molecule has 1 saturated carbocycles. The minimum atomic E-state index is 0.457. The van der Waals surface area contributed by atoms with E-state index in [2.05, 4.69) is 24.2 Å². The van der Waals surface area contributed by atoms with Crippen molar-refractivity contribution in [3.8, 4) is 0 Å². The molecule has 1 aliphatic heterocycles. The van der Waals surface area contributed by atoms with E-state index < -0.39 is 0 Å². The van der Waals surface area contributed by atoms with Crippen molar-refractivity contribution < 1.29 is 4.74 Å². The number of ether oxygens (including phenoxy) is 1. The van der Waals surface area contributed by atoms with Gasteiger partial charge in [-0.2, -0.15) is 0 Å². The molecule has 0 amide bonds. The summed E-state index contributed by atoms with van der Waals surface area (Å²) in [6.07, 6.45) is 6.68. The monoisotopic (exact) mass is 240 g/mol. The maximum Gasteiger partial charge on any atom is 0.0472 e. The molecule has 0 radical (unpaired) electrons. The van der Waals surface area contributed by atoms with Crippen LogP contribution in [0.2, 0.25) is 0 Å². The van der Waals surface area contributed by atoms with Crippen LogP contribution in [0.15, 0.2) is 0 Å². The summed E-state index contributed by atoms with van der Waals surface area (Å²) >= 11 is 0. The van der Waals surface area contributed by atoms with Gasteiger partial charge >= 0.3 is 0 Å². The van der Waals surface area contributed by atoms with Crippen LogP contribution < -0.4 is 5.32 Å². The summed E-state index contributed by atoms with van der Waals surface area (Å²) < 4.78 is 5.54. The van der Waals surface area contributed by atoms with Crippen LogP contribution in [-0.2, 0) is 4.74 Å². The van der Waals surface area contributed by atoms with Crippen LogP contribution in [0.3, 0.4) is 0 Å². The molecule has 100 valence electrons. The number of nitrogens with zero attached hydrogens (tertiary/aromatic N) is 1. The van der Waals surface area contributed by atoms with Gasteiger partial charge in [0.2, 0.25) is 0 Å². The average molecular weight is 240 g/mol. The fourth-order valence-electron chi connectivity index (χ4n) is 3.07. The first-order valence-electron chi connectivity index (χ1n) is 7.24. The van der Waals surface area contributed by atoms with E-state index in [1.807, 2.05) is 0 Å². The molecule has 0 bridgehead atoms. The number of rotatable bonds is 6. The van der Waals surface area contributed by atoms with E-state index in [1.54, 1.807) is 0 Å². The van der Waals surface area contributed by atoms with Gasteiger partial charge in [0, 0.05) is 32.3 Å². The van der Waals surface area contributed by atoms with Crippen molar-refractivity contribution in [3.63, 3.8) is 0 Å². The highest BCUT2D eigenvalue weighted by atomic mass is 16.5. The van der Waals surface area contributed by atoms with Crippen molar-refractivity contribution in [1.29, 1.82) is 0 Å². The molecule has 3 nitrogen and oxygen atoms in total. The van der Waals surface area contributed by atoms with Crippen LogP contribution in [0.1, 0.15) is 39.0 Å². The Bertz CT molecular complexity index is 222. The molecule has 1 saturated heterocycles. The van der Waals surface area contributed by atoms with Gasteiger partial charge in [-0.3, -0.25) is 0 Å². The van der Waals surface area contributed by atoms with E-state index in [-0.39, 0.29) is 0 Å². The third-order valence-corrected chi connectivity index (χ3v) is 4.59. The zero-order chi connectivity index (χ0) is 12.1. The lowest BCUT2D eigenvalue weighted by molar-refractivity contribution is -0.0127. The predicted octanol–water partition coefficient (Wildman–Crippen LogP) is 1.88. The number of hydrogen-bond acceptors (Lipinski definition) is 3. The molecule has 0 unspecified atom stereocenters. The first kappa shape index (κ1) is 13.3. The zero-order valence-corrected chi connectivity index (χ0v) is 11.5. The second-order valence-corrected chi connectivity index (χ2v) is 5.89. The van der Waals surface area contributed by atoms with Gasteiger partial charge < -0.3 is 15.0 Å². The summed E-state index contributed by atoms with van der Waals surface area (Å²) in [6, 6.07) is 0.858. The van der Waals surface area contributed by atoms with Crippen molar-refractivity contribution in [2.24, 2.45) is 5.41 Å². The van der Waals surface area contributed by atoms with Gasteiger partial charge in [-0.1, -0.05) is 13.3 Å². The lowest BCUT2D eigenvalue weighted by atomic mass is 9.78. The van der Waals surface area contributed by atoms with Crippen LogP contribution >= 0.6 is 0 Å². The molecule has 3 heteroatoms. The standard InChI is InChI=1S/C14H28N2O/c1-3-15-11-14(7-9-17-10-8-14)12-16(2)13-5-4-6-13/h13,15H,3-12H2,1-2H3. The van der Waals surface area contributed by atoms with Crippen LogP contribution in [0.25, 0.3) is 0 Å². The van der Waals surface area contributed by atoms with Crippen molar-refractivity contribution in [3.05, 3.63) is 0 Å². The lowest BCUT2D eigenvalue weighted by Crippen LogP contribution is -2.50. The first-order chi connectivity index (χ1) is 8.26. The SMILES string of the molecule is CCNCC1(CN(C)C2CCC2)CCOCC1. The van der Waals surface area contributed by atoms with Gasteiger partial charge in [0.25, 0.3) is 0 Å². The largest absolute Gasteiger partial charge is 0.381 e. The molecular formula is C14H28N2O. The second kappa shape index (κ2) is 6.17. The molecule has 2 aliphatic rings. The Morgan fingerprint density at radius 1 is 1.29 bits per heavy atom. The topological polar surface area (TPSA) is 24.5 Å². The zero-order valence-electron chi connectivity index (χ0n) is 11.5. The van der Waals surface area contributed by atoms with Gasteiger partial charge in [0.05, 0.1) is 0 Å². The quantitative estimate of drug-likeness (QED) is 0.767. The van der Waals surface area contributed by atoms with E-state index in [0.29, 0.717) is 5.41 Å². The molecule has 1 N–H and O–H groups in total. The third-order valence-electron chi connectivity index (χ3n) is 4.59. The van der Waals surface area contributed by atoms with Crippen LogP contribution in [0.4, 0.5) is 0 Å². The van der Waals surface area contributed by atoms with E-state index in [9.17, 15) is 0 Å². The maximum atomic E-state index is 5.54. The highest BCUT2D eigenvalue weighted by molar-refractivity contribution is 4.89. The summed E-state index contributed by atoms with van der Waals surface area (Å²) in [5.74, 6) is 0. The van der Waals surface area contributed by atoms with Gasteiger partial charge in [0.1, 0.15) is 0 Å². The molecule has 0 aromatic carbocycles. The molecule has 0 aromatic heterocycles. The molecule has 17 heavy (non-hydrogen) atoms. The normalized spacial score (nSPS) is 24.9. The molecular weight excluding hydrogens is 212 g/mol. The van der Waals surface area contributed by atoms with Gasteiger partial charge in [0.15, 0.2) is 0 Å². The van der Waals surface area contributed by atoms with E-state index >= 15 is 0 Å². The molecule has 0 aromatic rings. The van der Waals surface area contributed by atoms with Crippen molar-refractivity contribution in [2.75, 3.05) is 39.9 Å². The molecule has 1 heterocycles. The summed E-state index contributed by atoms with van der Waals surface area (Å²) in [6.45, 7) is 7.57. The number of nitrogens with one attached hydrogen (secondary N) is 1. The molecule has 0 spiro atoms. The van der Waals surface area contributed by atoms with E-state index in [1.165, 1.54) is 38.6 Å². The van der Waals surface area contributed by atoms with Gasteiger partial charge in [-0.15, -0.1) is 0 Å². The highest BCUT2D eigenvalue weighted by Crippen LogP contribution is 2.33. The predicted molar refractivity (Wildman–Crippen MR) is 71.3 cm³/mol. The minimum Gasteiger partial charge on any atom is -0.381 e. The van der Waals surface area contributed by atoms with Gasteiger partial charge in [-0.25, -0.2) is 0 Å². The van der Waals surface area contributed by atoms with Crippen LogP contribution in [-0.4, -0.2) is 50.8 Å². The Hall–Kier alpha value is -0.120. The average Bonchev–Trinajstić information content (AvgIpc) is 2.25. The maximum absolute atomic E-state index is 5.54. The van der Waals surface area contributed by atoms with Crippen molar-refractivity contribution in [1.82, 2.24) is 10.2 Å². The summed E-state index contributed by atoms with van der Waals surface area (Å²) in [7, 11) is 2.31. The van der Waals surface area contributed by atoms with Gasteiger partial charge in [-0.05, 0) is 44.7 Å². The molecule has 2 rings (SSSR count). The fraction of sp³-hybridized carbons (Fsp3) is 1.00. The smallest absolute Gasteiger partial charge is 0.0472 e. The minimum absolute atomic E-state index is 0.457. The fourth-order valence-corrected chi connectivity index (χ4v) is 3.07. The highest BCUT2D eigenvalue weighted by Gasteiger charge is 2.35. The van der Waals surface area contributed by atoms with Crippen LogP contribution in [0, 0.1) is 5.41 Å². The summed E-state index contributed by atoms with van der Waals surface area (Å²) in [4.78, 5) is 2.60. The Morgan fingerprint density at radius 2 is 2.00 bits per heavy atom. The molecule has 0 atom stereocenters. The Morgan fingerprint density at radius 3 is 2.53 bits per heavy atom. The van der Waals surface area contributed by atoms with E-state index in [0.717, 1.165) is 32.3 Å². The first-order valence-corrected chi connectivity index (χ1v) is 7.24.